The Bertz CT molecular complexity index is 1480. The Kier molecular flexibility index (Phi) is 7.70. The number of hydrogen-bond donors (Lipinski definition) is 0. The third kappa shape index (κ3) is 6.56. The molecule has 2 aliphatic rings. The average Bonchev–Trinajstić information content (AvgIpc) is 3.37. The first-order chi connectivity index (χ1) is 19.8. The lowest BCUT2D eigenvalue weighted by Gasteiger charge is -2.36. The SMILES string of the molecule is CC(C)(C)OC(=O)N1CCN(c2ccc(-c3cc(-c4cc5c(o4)CCN(C(=O)OC(C)(C)C)C5=O)ccn3)cn2)CC1. The Hall–Kier alpha value is -4.41. The van der Waals surface area contributed by atoms with E-state index in [0.717, 1.165) is 21.8 Å². The van der Waals surface area contributed by atoms with Crippen LogP contribution in [0.15, 0.2) is 47.1 Å². The van der Waals surface area contributed by atoms with Crippen molar-refractivity contribution in [3.05, 3.63) is 54.0 Å². The fourth-order valence-electron chi connectivity index (χ4n) is 4.80. The molecule has 0 aliphatic carbocycles. The minimum absolute atomic E-state index is 0.198. The predicted octanol–water partition coefficient (Wildman–Crippen LogP) is 5.39. The Morgan fingerprint density at radius 1 is 0.833 bits per heavy atom. The third-order valence-corrected chi connectivity index (χ3v) is 6.80. The highest BCUT2D eigenvalue weighted by molar-refractivity contribution is 6.05. The van der Waals surface area contributed by atoms with Gasteiger partial charge in [0.1, 0.15) is 28.5 Å². The van der Waals surface area contributed by atoms with Crippen molar-refractivity contribution in [2.75, 3.05) is 37.6 Å². The highest BCUT2D eigenvalue weighted by Gasteiger charge is 2.35. The Balaban J connectivity index is 1.26. The molecule has 0 radical (unpaired) electrons. The molecule has 42 heavy (non-hydrogen) atoms. The number of pyridine rings is 2. The van der Waals surface area contributed by atoms with E-state index in [-0.39, 0.29) is 12.6 Å². The molecule has 0 bridgehead atoms. The molecule has 0 aromatic carbocycles. The normalized spacial score (nSPS) is 15.9. The van der Waals surface area contributed by atoms with E-state index < -0.39 is 23.2 Å². The number of fused-ring (bicyclic) bond motifs is 1. The summed E-state index contributed by atoms with van der Waals surface area (Å²) in [6.07, 6.45) is 2.92. The van der Waals surface area contributed by atoms with Gasteiger partial charge in [-0.05, 0) is 71.9 Å². The lowest BCUT2D eigenvalue weighted by molar-refractivity contribution is 0.0220. The van der Waals surface area contributed by atoms with Crippen LogP contribution in [-0.4, -0.2) is 81.8 Å². The van der Waals surface area contributed by atoms with Crippen molar-refractivity contribution in [3.63, 3.8) is 0 Å². The summed E-state index contributed by atoms with van der Waals surface area (Å²) in [6, 6.07) is 9.28. The van der Waals surface area contributed by atoms with Gasteiger partial charge in [-0.15, -0.1) is 0 Å². The van der Waals surface area contributed by atoms with Gasteiger partial charge in [0.05, 0.1) is 11.3 Å². The molecular weight excluding hydrogens is 538 g/mol. The molecule has 0 N–H and O–H groups in total. The van der Waals surface area contributed by atoms with E-state index in [2.05, 4.69) is 14.9 Å². The zero-order valence-electron chi connectivity index (χ0n) is 25.0. The number of carbonyl (C=O) groups excluding carboxylic acids is 3. The molecule has 0 atom stereocenters. The number of hydrogen-bond acceptors (Lipinski definition) is 9. The summed E-state index contributed by atoms with van der Waals surface area (Å²) < 4.78 is 16.9. The van der Waals surface area contributed by atoms with E-state index in [0.29, 0.717) is 55.4 Å². The Morgan fingerprint density at radius 3 is 2.17 bits per heavy atom. The van der Waals surface area contributed by atoms with Crippen LogP contribution in [-0.2, 0) is 15.9 Å². The Labute approximate surface area is 245 Å². The highest BCUT2D eigenvalue weighted by Crippen LogP contribution is 2.32. The number of ether oxygens (including phenoxy) is 2. The van der Waals surface area contributed by atoms with Gasteiger partial charge in [0.2, 0.25) is 0 Å². The minimum atomic E-state index is -0.698. The zero-order valence-corrected chi connectivity index (χ0v) is 25.0. The lowest BCUT2D eigenvalue weighted by Crippen LogP contribution is -2.50. The number of aromatic nitrogens is 2. The van der Waals surface area contributed by atoms with Crippen LogP contribution >= 0.6 is 0 Å². The average molecular weight is 576 g/mol. The van der Waals surface area contributed by atoms with Crippen molar-refractivity contribution in [1.29, 1.82) is 0 Å². The number of carbonyl (C=O) groups is 3. The van der Waals surface area contributed by atoms with Crippen LogP contribution in [0.4, 0.5) is 15.4 Å². The number of piperazine rings is 1. The van der Waals surface area contributed by atoms with Crippen LogP contribution in [0, 0.1) is 0 Å². The highest BCUT2D eigenvalue weighted by atomic mass is 16.6. The van der Waals surface area contributed by atoms with Crippen molar-refractivity contribution < 1.29 is 28.3 Å². The molecule has 1 saturated heterocycles. The molecule has 0 unspecified atom stereocenters. The second-order valence-corrected chi connectivity index (χ2v) is 12.4. The van der Waals surface area contributed by atoms with E-state index in [4.69, 9.17) is 13.9 Å². The van der Waals surface area contributed by atoms with Crippen LogP contribution in [0.1, 0.15) is 57.7 Å². The van der Waals surface area contributed by atoms with Crippen molar-refractivity contribution in [1.82, 2.24) is 19.8 Å². The molecule has 3 amide bonds. The van der Waals surface area contributed by atoms with Crippen molar-refractivity contribution in [3.8, 4) is 22.6 Å². The number of furan rings is 1. The summed E-state index contributed by atoms with van der Waals surface area (Å²) in [6.45, 7) is 13.5. The van der Waals surface area contributed by atoms with E-state index >= 15 is 0 Å². The molecule has 0 spiro atoms. The van der Waals surface area contributed by atoms with Crippen molar-refractivity contribution in [2.24, 2.45) is 0 Å². The predicted molar refractivity (Wildman–Crippen MR) is 156 cm³/mol. The van der Waals surface area contributed by atoms with Gasteiger partial charge in [0.25, 0.3) is 5.91 Å². The number of amides is 3. The number of imide groups is 1. The van der Waals surface area contributed by atoms with Crippen LogP contribution in [0.25, 0.3) is 22.6 Å². The summed E-state index contributed by atoms with van der Waals surface area (Å²) in [4.78, 5) is 52.1. The molecule has 11 nitrogen and oxygen atoms in total. The third-order valence-electron chi connectivity index (χ3n) is 6.80. The van der Waals surface area contributed by atoms with Crippen LogP contribution < -0.4 is 4.90 Å². The summed E-state index contributed by atoms with van der Waals surface area (Å²) in [5.74, 6) is 1.47. The van der Waals surface area contributed by atoms with Gasteiger partial charge < -0.3 is 23.7 Å². The van der Waals surface area contributed by atoms with Crippen LogP contribution in [0.5, 0.6) is 0 Å². The molecular formula is C31H37N5O6. The summed E-state index contributed by atoms with van der Waals surface area (Å²) >= 11 is 0. The fourth-order valence-corrected chi connectivity index (χ4v) is 4.80. The maximum Gasteiger partial charge on any atom is 0.417 e. The van der Waals surface area contributed by atoms with Crippen LogP contribution in [0.2, 0.25) is 0 Å². The van der Waals surface area contributed by atoms with Crippen molar-refractivity contribution in [2.45, 2.75) is 59.2 Å². The fraction of sp³-hybridized carbons (Fsp3) is 0.452. The van der Waals surface area contributed by atoms with E-state index in [1.807, 2.05) is 45.0 Å². The van der Waals surface area contributed by atoms with Crippen LogP contribution in [0.3, 0.4) is 0 Å². The molecule has 3 aromatic rings. The summed E-state index contributed by atoms with van der Waals surface area (Å²) in [5.41, 5.74) is 1.44. The lowest BCUT2D eigenvalue weighted by atomic mass is 10.1. The number of nitrogens with zero attached hydrogens (tertiary/aromatic N) is 5. The molecule has 1 fully saturated rings. The zero-order chi connectivity index (χ0) is 30.2. The standard InChI is InChI=1S/C31H37N5O6/c1-30(2,3)41-28(38)35-15-13-34(14-16-35)26-8-7-21(19-33-26)23-17-20(9-11-32-23)25-18-22-24(40-25)10-12-36(27(22)37)29(39)42-31(4,5)6/h7-9,11,17-19H,10,12-16H2,1-6H3. The molecule has 5 rings (SSSR count). The van der Waals surface area contributed by atoms with Gasteiger partial charge in [-0.2, -0.15) is 0 Å². The first-order valence-electron chi connectivity index (χ1n) is 14.1. The minimum Gasteiger partial charge on any atom is -0.460 e. The monoisotopic (exact) mass is 575 g/mol. The van der Waals surface area contributed by atoms with E-state index in [1.165, 1.54) is 0 Å². The van der Waals surface area contributed by atoms with Gasteiger partial charge in [-0.1, -0.05) is 0 Å². The first-order valence-corrected chi connectivity index (χ1v) is 14.1. The molecule has 2 aliphatic heterocycles. The summed E-state index contributed by atoms with van der Waals surface area (Å²) in [5, 5.41) is 0. The second kappa shape index (κ2) is 11.1. The van der Waals surface area contributed by atoms with Crippen molar-refractivity contribution >= 4 is 23.9 Å². The van der Waals surface area contributed by atoms with E-state index in [1.54, 1.807) is 44.1 Å². The van der Waals surface area contributed by atoms with Gasteiger partial charge in [-0.3, -0.25) is 9.78 Å². The van der Waals surface area contributed by atoms with E-state index in [9.17, 15) is 14.4 Å². The molecule has 5 heterocycles. The maximum atomic E-state index is 13.1. The molecule has 3 aromatic heterocycles. The molecule has 222 valence electrons. The van der Waals surface area contributed by atoms with Gasteiger partial charge in [0, 0.05) is 62.7 Å². The largest absolute Gasteiger partial charge is 0.460 e. The van der Waals surface area contributed by atoms with Gasteiger partial charge in [-0.25, -0.2) is 19.5 Å². The first kappa shape index (κ1) is 29.1. The second-order valence-electron chi connectivity index (χ2n) is 12.4. The topological polar surface area (TPSA) is 118 Å². The quantitative estimate of drug-likeness (QED) is 0.405. The number of rotatable bonds is 3. The smallest absolute Gasteiger partial charge is 0.417 e. The number of anilines is 1. The molecule has 11 heteroatoms. The molecule has 0 saturated carbocycles. The van der Waals surface area contributed by atoms with Gasteiger partial charge >= 0.3 is 12.2 Å². The maximum absolute atomic E-state index is 13.1. The Morgan fingerprint density at radius 2 is 1.52 bits per heavy atom. The van der Waals surface area contributed by atoms with Gasteiger partial charge in [0.15, 0.2) is 0 Å². The summed E-state index contributed by atoms with van der Waals surface area (Å²) in [7, 11) is 0.